The minimum absolute atomic E-state index is 0.0165. The first-order valence-electron chi connectivity index (χ1n) is 5.79. The zero-order valence-corrected chi connectivity index (χ0v) is 10.8. The highest BCUT2D eigenvalue weighted by Gasteiger charge is 2.24. The molecule has 3 nitrogen and oxygen atoms in total. The summed E-state index contributed by atoms with van der Waals surface area (Å²) in [4.78, 5) is 0. The average Bonchev–Trinajstić information content (AvgIpc) is 2.87. The average molecular weight is 299 g/mol. The van der Waals surface area contributed by atoms with Gasteiger partial charge >= 0.3 is 0 Å². The molecule has 1 atom stereocenters. The van der Waals surface area contributed by atoms with Gasteiger partial charge in [-0.3, -0.25) is 0 Å². The molecular weight excluding hydrogens is 290 g/mol. The largest absolute Gasteiger partial charge is 0.454 e. The molecule has 1 aliphatic rings. The molecule has 1 unspecified atom stereocenters. The van der Waals surface area contributed by atoms with Crippen LogP contribution in [0, 0.1) is 11.6 Å². The molecule has 0 bridgehead atoms. The molecule has 3 rings (SSSR count). The van der Waals surface area contributed by atoms with E-state index in [4.69, 9.17) is 21.1 Å². The van der Waals surface area contributed by atoms with Gasteiger partial charge < -0.3 is 14.6 Å². The fourth-order valence-electron chi connectivity index (χ4n) is 2.08. The van der Waals surface area contributed by atoms with Crippen LogP contribution in [0.4, 0.5) is 8.78 Å². The van der Waals surface area contributed by atoms with Crippen LogP contribution >= 0.6 is 11.6 Å². The number of benzene rings is 2. The molecule has 0 aliphatic carbocycles. The lowest BCUT2D eigenvalue weighted by atomic mass is 10.00. The lowest BCUT2D eigenvalue weighted by Gasteiger charge is -2.14. The quantitative estimate of drug-likeness (QED) is 0.923. The predicted octanol–water partition coefficient (Wildman–Crippen LogP) is 3.43. The summed E-state index contributed by atoms with van der Waals surface area (Å²) in [6.07, 6.45) is -1.48. The molecule has 20 heavy (non-hydrogen) atoms. The minimum atomic E-state index is -1.48. The third-order valence-corrected chi connectivity index (χ3v) is 3.32. The van der Waals surface area contributed by atoms with Gasteiger partial charge in [-0.2, -0.15) is 0 Å². The number of aliphatic hydroxyl groups is 1. The van der Waals surface area contributed by atoms with Crippen molar-refractivity contribution in [3.05, 3.63) is 58.1 Å². The maximum atomic E-state index is 13.7. The highest BCUT2D eigenvalue weighted by molar-refractivity contribution is 6.32. The molecule has 2 aromatic carbocycles. The van der Waals surface area contributed by atoms with Crippen molar-refractivity contribution in [1.82, 2.24) is 0 Å². The first-order chi connectivity index (χ1) is 9.58. The lowest BCUT2D eigenvalue weighted by Crippen LogP contribution is -2.05. The van der Waals surface area contributed by atoms with Gasteiger partial charge in [-0.1, -0.05) is 17.7 Å². The van der Waals surface area contributed by atoms with Crippen LogP contribution in [-0.2, 0) is 0 Å². The van der Waals surface area contributed by atoms with Crippen LogP contribution < -0.4 is 9.47 Å². The SMILES string of the molecule is OC(c1cc(Cl)c2c(c1)OCO2)c1c(F)cccc1F. The number of fused-ring (bicyclic) bond motifs is 1. The van der Waals surface area contributed by atoms with Crippen molar-refractivity contribution in [1.29, 1.82) is 0 Å². The Labute approximate surface area is 118 Å². The van der Waals surface area contributed by atoms with Crippen LogP contribution in [0.1, 0.15) is 17.2 Å². The maximum Gasteiger partial charge on any atom is 0.231 e. The van der Waals surface area contributed by atoms with Crippen molar-refractivity contribution in [2.24, 2.45) is 0 Å². The predicted molar refractivity (Wildman–Crippen MR) is 68.0 cm³/mol. The van der Waals surface area contributed by atoms with Crippen molar-refractivity contribution < 1.29 is 23.4 Å². The van der Waals surface area contributed by atoms with E-state index in [0.717, 1.165) is 12.1 Å². The second-order valence-electron chi connectivity index (χ2n) is 4.27. The Morgan fingerprint density at radius 1 is 1.15 bits per heavy atom. The summed E-state index contributed by atoms with van der Waals surface area (Å²) >= 11 is 5.98. The number of rotatable bonds is 2. The van der Waals surface area contributed by atoms with Crippen LogP contribution in [0.15, 0.2) is 30.3 Å². The molecule has 0 saturated carbocycles. The Bertz CT molecular complexity index is 655. The third kappa shape index (κ3) is 2.09. The summed E-state index contributed by atoms with van der Waals surface area (Å²) in [6.45, 7) is 0.0165. The smallest absolute Gasteiger partial charge is 0.231 e. The monoisotopic (exact) mass is 298 g/mol. The van der Waals surface area contributed by atoms with Gasteiger partial charge in [0.15, 0.2) is 11.5 Å². The molecule has 0 radical (unpaired) electrons. The molecule has 104 valence electrons. The Morgan fingerprint density at radius 3 is 2.55 bits per heavy atom. The molecular formula is C14H9ClF2O3. The van der Waals surface area contributed by atoms with Crippen molar-refractivity contribution in [3.63, 3.8) is 0 Å². The molecule has 0 amide bonds. The van der Waals surface area contributed by atoms with Crippen LogP contribution in [-0.4, -0.2) is 11.9 Å². The van der Waals surface area contributed by atoms with E-state index in [1.54, 1.807) is 0 Å². The first-order valence-corrected chi connectivity index (χ1v) is 6.16. The second kappa shape index (κ2) is 4.92. The summed E-state index contributed by atoms with van der Waals surface area (Å²) in [7, 11) is 0. The highest BCUT2D eigenvalue weighted by Crippen LogP contribution is 2.42. The molecule has 0 spiro atoms. The van der Waals surface area contributed by atoms with Crippen LogP contribution in [0.2, 0.25) is 5.02 Å². The molecule has 1 N–H and O–H groups in total. The van der Waals surface area contributed by atoms with Gasteiger partial charge in [0.1, 0.15) is 17.7 Å². The first kappa shape index (κ1) is 13.1. The molecule has 1 heterocycles. The van der Waals surface area contributed by atoms with Gasteiger partial charge in [-0.25, -0.2) is 8.78 Å². The van der Waals surface area contributed by atoms with Gasteiger partial charge in [0.2, 0.25) is 6.79 Å². The van der Waals surface area contributed by atoms with Crippen LogP contribution in [0.5, 0.6) is 11.5 Å². The van der Waals surface area contributed by atoms with E-state index >= 15 is 0 Å². The Morgan fingerprint density at radius 2 is 1.85 bits per heavy atom. The third-order valence-electron chi connectivity index (χ3n) is 3.04. The number of hydrogen-bond donors (Lipinski definition) is 1. The van der Waals surface area contributed by atoms with Gasteiger partial charge in [0.05, 0.1) is 10.6 Å². The number of halogens is 3. The molecule has 2 aromatic rings. The molecule has 6 heteroatoms. The Balaban J connectivity index is 2.07. The highest BCUT2D eigenvalue weighted by atomic mass is 35.5. The number of ether oxygens (including phenoxy) is 2. The minimum Gasteiger partial charge on any atom is -0.454 e. The number of aliphatic hydroxyl groups excluding tert-OH is 1. The summed E-state index contributed by atoms with van der Waals surface area (Å²) in [6, 6.07) is 6.23. The normalized spacial score (nSPS) is 14.4. The maximum absolute atomic E-state index is 13.7. The Hall–Kier alpha value is -1.85. The summed E-state index contributed by atoms with van der Waals surface area (Å²) in [5.41, 5.74) is -0.203. The zero-order valence-electron chi connectivity index (χ0n) is 10.1. The molecule has 0 fully saturated rings. The summed E-state index contributed by atoms with van der Waals surface area (Å²) < 4.78 is 37.6. The molecule has 0 aromatic heterocycles. The van der Waals surface area contributed by atoms with E-state index in [0.29, 0.717) is 11.5 Å². The van der Waals surface area contributed by atoms with E-state index in [9.17, 15) is 13.9 Å². The molecule has 0 saturated heterocycles. The van der Waals surface area contributed by atoms with Crippen molar-refractivity contribution in [3.8, 4) is 11.5 Å². The van der Waals surface area contributed by atoms with Gasteiger partial charge in [0, 0.05) is 0 Å². The second-order valence-corrected chi connectivity index (χ2v) is 4.68. The van der Waals surface area contributed by atoms with Crippen LogP contribution in [0.25, 0.3) is 0 Å². The van der Waals surface area contributed by atoms with Gasteiger partial charge in [-0.15, -0.1) is 0 Å². The summed E-state index contributed by atoms with van der Waals surface area (Å²) in [5, 5.41) is 10.4. The van der Waals surface area contributed by atoms with Gasteiger partial charge in [0.25, 0.3) is 0 Å². The fraction of sp³-hybridized carbons (Fsp3) is 0.143. The van der Waals surface area contributed by atoms with E-state index in [1.807, 2.05) is 0 Å². The van der Waals surface area contributed by atoms with E-state index < -0.39 is 23.3 Å². The zero-order chi connectivity index (χ0) is 14.3. The van der Waals surface area contributed by atoms with Crippen LogP contribution in [0.3, 0.4) is 0 Å². The van der Waals surface area contributed by atoms with Crippen molar-refractivity contribution in [2.45, 2.75) is 6.10 Å². The van der Waals surface area contributed by atoms with Gasteiger partial charge in [-0.05, 0) is 29.8 Å². The van der Waals surface area contributed by atoms with E-state index in [-0.39, 0.29) is 17.4 Å². The Kier molecular flexibility index (Phi) is 3.23. The molecule has 1 aliphatic heterocycles. The lowest BCUT2D eigenvalue weighted by molar-refractivity contribution is 0.173. The van der Waals surface area contributed by atoms with E-state index in [2.05, 4.69) is 0 Å². The summed E-state index contributed by atoms with van der Waals surface area (Å²) in [5.74, 6) is -0.961. The standard InChI is InChI=1S/C14H9ClF2O3/c15-8-4-7(5-11-14(8)20-6-19-11)13(18)12-9(16)2-1-3-10(12)17/h1-5,13,18H,6H2. The fourth-order valence-corrected chi connectivity index (χ4v) is 2.36. The topological polar surface area (TPSA) is 38.7 Å². The van der Waals surface area contributed by atoms with Crippen molar-refractivity contribution >= 4 is 11.6 Å². The van der Waals surface area contributed by atoms with E-state index in [1.165, 1.54) is 18.2 Å². The van der Waals surface area contributed by atoms with Crippen molar-refractivity contribution in [2.75, 3.05) is 6.79 Å². The number of hydrogen-bond acceptors (Lipinski definition) is 3.